The van der Waals surface area contributed by atoms with Crippen LogP contribution in [0.5, 0.6) is 11.5 Å². The molecule has 4 nitrogen and oxygen atoms in total. The van der Waals surface area contributed by atoms with Gasteiger partial charge in [-0.3, -0.25) is 4.79 Å². The van der Waals surface area contributed by atoms with Gasteiger partial charge in [0.15, 0.2) is 18.1 Å². The monoisotopic (exact) mass is 275 g/mol. The number of hydrogen-bond acceptors (Lipinski definition) is 3. The molecule has 1 aromatic carbocycles. The Morgan fingerprint density at radius 2 is 2.11 bits per heavy atom. The average Bonchev–Trinajstić information content (AvgIpc) is 3.10. The molecule has 0 aliphatic heterocycles. The summed E-state index contributed by atoms with van der Waals surface area (Å²) in [5.74, 6) is -1.19. The number of benzene rings is 1. The molecule has 0 saturated heterocycles. The highest BCUT2D eigenvalue weighted by molar-refractivity contribution is 5.95. The topological polar surface area (TPSA) is 58.6 Å². The molecule has 0 heterocycles. The van der Waals surface area contributed by atoms with Crippen LogP contribution in [0.25, 0.3) is 0 Å². The van der Waals surface area contributed by atoms with Crippen LogP contribution in [0.3, 0.4) is 0 Å². The largest absolute Gasteiger partial charge is 0.504 e. The minimum Gasteiger partial charge on any atom is -0.504 e. The Kier molecular flexibility index (Phi) is 3.55. The first-order chi connectivity index (χ1) is 8.85. The molecule has 2 N–H and O–H groups in total. The minimum absolute atomic E-state index is 0.140. The van der Waals surface area contributed by atoms with E-state index in [9.17, 15) is 23.1 Å². The highest BCUT2D eigenvalue weighted by atomic mass is 19.4. The van der Waals surface area contributed by atoms with E-state index in [0.29, 0.717) is 0 Å². The number of hydrogen-bond donors (Lipinski definition) is 2. The summed E-state index contributed by atoms with van der Waals surface area (Å²) >= 11 is 0. The molecule has 19 heavy (non-hydrogen) atoms. The lowest BCUT2D eigenvalue weighted by Crippen LogP contribution is -2.25. The fourth-order valence-electron chi connectivity index (χ4n) is 1.43. The zero-order valence-electron chi connectivity index (χ0n) is 9.83. The second-order valence-corrected chi connectivity index (χ2v) is 4.33. The Bertz CT molecular complexity index is 484. The zero-order valence-corrected chi connectivity index (χ0v) is 9.83. The summed E-state index contributed by atoms with van der Waals surface area (Å²) in [5, 5.41) is 12.1. The van der Waals surface area contributed by atoms with E-state index in [1.165, 1.54) is 6.07 Å². The van der Waals surface area contributed by atoms with E-state index < -0.39 is 18.5 Å². The van der Waals surface area contributed by atoms with Crippen molar-refractivity contribution in [1.82, 2.24) is 5.32 Å². The third-order valence-corrected chi connectivity index (χ3v) is 2.53. The van der Waals surface area contributed by atoms with Gasteiger partial charge in [0.2, 0.25) is 0 Å². The molecule has 1 amide bonds. The van der Waals surface area contributed by atoms with Crippen molar-refractivity contribution in [3.63, 3.8) is 0 Å². The van der Waals surface area contributed by atoms with Crippen molar-refractivity contribution in [2.75, 3.05) is 6.61 Å². The molecule has 1 aromatic rings. The van der Waals surface area contributed by atoms with E-state index in [2.05, 4.69) is 10.1 Å². The summed E-state index contributed by atoms with van der Waals surface area (Å²) in [6.07, 6.45) is -2.69. The zero-order chi connectivity index (χ0) is 14.0. The van der Waals surface area contributed by atoms with Crippen LogP contribution in [0, 0.1) is 0 Å². The van der Waals surface area contributed by atoms with Gasteiger partial charge in [0.1, 0.15) is 0 Å². The van der Waals surface area contributed by atoms with E-state index in [-0.39, 0.29) is 23.3 Å². The number of nitrogens with one attached hydrogen (secondary N) is 1. The lowest BCUT2D eigenvalue weighted by Gasteiger charge is -2.11. The SMILES string of the molecule is O=C(NC1CC1)c1ccc(O)c(OCC(F)(F)F)c1. The Hall–Kier alpha value is -1.92. The van der Waals surface area contributed by atoms with Gasteiger partial charge < -0.3 is 15.2 Å². The predicted molar refractivity (Wildman–Crippen MR) is 60.1 cm³/mol. The highest BCUT2D eigenvalue weighted by Crippen LogP contribution is 2.29. The maximum absolute atomic E-state index is 12.0. The Balaban J connectivity index is 2.07. The number of aromatic hydroxyl groups is 1. The fourth-order valence-corrected chi connectivity index (χ4v) is 1.43. The normalized spacial score (nSPS) is 15.1. The molecule has 1 aliphatic carbocycles. The van der Waals surface area contributed by atoms with Crippen LogP contribution in [0.15, 0.2) is 18.2 Å². The Morgan fingerprint density at radius 3 is 2.68 bits per heavy atom. The van der Waals surface area contributed by atoms with Crippen LogP contribution in [0.4, 0.5) is 13.2 Å². The molecular weight excluding hydrogens is 263 g/mol. The predicted octanol–water partition coefficient (Wildman–Crippen LogP) is 2.23. The summed E-state index contributed by atoms with van der Waals surface area (Å²) in [7, 11) is 0. The molecular formula is C12H12F3NO3. The Morgan fingerprint density at radius 1 is 1.42 bits per heavy atom. The first-order valence-corrected chi connectivity index (χ1v) is 5.68. The van der Waals surface area contributed by atoms with Crippen molar-refractivity contribution < 1.29 is 27.8 Å². The second-order valence-electron chi connectivity index (χ2n) is 4.33. The number of phenols is 1. The van der Waals surface area contributed by atoms with Crippen molar-refractivity contribution >= 4 is 5.91 Å². The van der Waals surface area contributed by atoms with Crippen molar-refractivity contribution in [2.24, 2.45) is 0 Å². The van der Waals surface area contributed by atoms with Gasteiger partial charge in [-0.2, -0.15) is 13.2 Å². The molecule has 1 saturated carbocycles. The molecule has 0 bridgehead atoms. The maximum Gasteiger partial charge on any atom is 0.422 e. The van der Waals surface area contributed by atoms with E-state index in [0.717, 1.165) is 25.0 Å². The number of alkyl halides is 3. The third-order valence-electron chi connectivity index (χ3n) is 2.53. The van der Waals surface area contributed by atoms with Crippen LogP contribution in [-0.4, -0.2) is 29.8 Å². The van der Waals surface area contributed by atoms with Gasteiger partial charge in [0.05, 0.1) is 0 Å². The number of carbonyl (C=O) groups excluding carboxylic acids is 1. The molecule has 0 atom stereocenters. The average molecular weight is 275 g/mol. The lowest BCUT2D eigenvalue weighted by atomic mass is 10.2. The number of ether oxygens (including phenoxy) is 1. The summed E-state index contributed by atoms with van der Waals surface area (Å²) < 4.78 is 40.5. The molecule has 2 rings (SSSR count). The van der Waals surface area contributed by atoms with Crippen molar-refractivity contribution in [3.05, 3.63) is 23.8 Å². The molecule has 104 valence electrons. The van der Waals surface area contributed by atoms with E-state index in [4.69, 9.17) is 0 Å². The first kappa shape index (κ1) is 13.5. The van der Waals surface area contributed by atoms with Gasteiger partial charge in [-0.1, -0.05) is 0 Å². The third kappa shape index (κ3) is 4.04. The van der Waals surface area contributed by atoms with Gasteiger partial charge in [0.25, 0.3) is 5.91 Å². The number of rotatable bonds is 4. The number of carbonyl (C=O) groups is 1. The summed E-state index contributed by atoms with van der Waals surface area (Å²) in [4.78, 5) is 11.7. The van der Waals surface area contributed by atoms with Crippen LogP contribution >= 0.6 is 0 Å². The molecule has 0 unspecified atom stereocenters. The van der Waals surface area contributed by atoms with Crippen molar-refractivity contribution in [3.8, 4) is 11.5 Å². The number of phenolic OH excluding ortho intramolecular Hbond substituents is 1. The van der Waals surface area contributed by atoms with Crippen molar-refractivity contribution in [1.29, 1.82) is 0 Å². The van der Waals surface area contributed by atoms with Gasteiger partial charge in [-0.25, -0.2) is 0 Å². The van der Waals surface area contributed by atoms with E-state index >= 15 is 0 Å². The molecule has 7 heteroatoms. The van der Waals surface area contributed by atoms with Gasteiger partial charge in [-0.15, -0.1) is 0 Å². The maximum atomic E-state index is 12.0. The van der Waals surface area contributed by atoms with Crippen LogP contribution < -0.4 is 10.1 Å². The lowest BCUT2D eigenvalue weighted by molar-refractivity contribution is -0.153. The number of halogens is 3. The van der Waals surface area contributed by atoms with E-state index in [1.807, 2.05) is 0 Å². The molecule has 1 aliphatic rings. The van der Waals surface area contributed by atoms with Crippen LogP contribution in [0.2, 0.25) is 0 Å². The second kappa shape index (κ2) is 4.99. The Labute approximate surface area is 107 Å². The molecule has 0 spiro atoms. The van der Waals surface area contributed by atoms with Gasteiger partial charge >= 0.3 is 6.18 Å². The van der Waals surface area contributed by atoms with E-state index in [1.54, 1.807) is 0 Å². The number of amides is 1. The smallest absolute Gasteiger partial charge is 0.422 e. The summed E-state index contributed by atoms with van der Waals surface area (Å²) in [6, 6.07) is 3.70. The van der Waals surface area contributed by atoms with Crippen molar-refractivity contribution in [2.45, 2.75) is 25.1 Å². The van der Waals surface area contributed by atoms with Gasteiger partial charge in [-0.05, 0) is 31.0 Å². The fraction of sp³-hybridized carbons (Fsp3) is 0.417. The van der Waals surface area contributed by atoms with Gasteiger partial charge in [0, 0.05) is 11.6 Å². The quantitative estimate of drug-likeness (QED) is 0.885. The highest BCUT2D eigenvalue weighted by Gasteiger charge is 2.29. The van der Waals surface area contributed by atoms with Crippen LogP contribution in [0.1, 0.15) is 23.2 Å². The standard InChI is InChI=1S/C12H12F3NO3/c13-12(14,15)6-19-10-5-7(1-4-9(10)17)11(18)16-8-2-3-8/h1,4-5,8,17H,2-3,6H2,(H,16,18). The molecule has 0 aromatic heterocycles. The molecule has 0 radical (unpaired) electrons. The summed E-state index contributed by atoms with van der Waals surface area (Å²) in [5.41, 5.74) is 0.155. The minimum atomic E-state index is -4.50. The summed E-state index contributed by atoms with van der Waals surface area (Å²) in [6.45, 7) is -1.52. The first-order valence-electron chi connectivity index (χ1n) is 5.68. The van der Waals surface area contributed by atoms with Crippen LogP contribution in [-0.2, 0) is 0 Å². The molecule has 1 fully saturated rings.